The van der Waals surface area contributed by atoms with Crippen molar-refractivity contribution in [1.82, 2.24) is 0 Å². The van der Waals surface area contributed by atoms with Gasteiger partial charge in [0.05, 0.1) is 39.6 Å². The summed E-state index contributed by atoms with van der Waals surface area (Å²) in [6, 6.07) is 26.2. The van der Waals surface area contributed by atoms with Crippen LogP contribution in [0, 0.1) is 0 Å². The fourth-order valence-electron chi connectivity index (χ4n) is 5.63. The second-order valence-electron chi connectivity index (χ2n) is 15.9. The normalized spacial score (nSPS) is 11.4. The van der Waals surface area contributed by atoms with E-state index in [9.17, 15) is 19.2 Å². The van der Waals surface area contributed by atoms with Crippen molar-refractivity contribution in [1.29, 1.82) is 0 Å². The van der Waals surface area contributed by atoms with Gasteiger partial charge in [-0.05, 0) is 95.2 Å². The highest BCUT2D eigenvalue weighted by molar-refractivity contribution is 5.87. The first kappa shape index (κ1) is 60.2. The quantitative estimate of drug-likeness (QED) is 0.0229. The highest BCUT2D eigenvalue weighted by atomic mass is 16.6. The van der Waals surface area contributed by atoms with Gasteiger partial charge in [0.25, 0.3) is 0 Å². The summed E-state index contributed by atoms with van der Waals surface area (Å²) >= 11 is 0. The molecule has 2 unspecified atom stereocenters. The van der Waals surface area contributed by atoms with E-state index in [1.165, 1.54) is 0 Å². The number of methoxy groups -OCH3 is 1. The number of esters is 4. The van der Waals surface area contributed by atoms with Gasteiger partial charge < -0.3 is 56.8 Å². The number of carbonyl (C=O) groups excluding carboxylic acids is 4. The van der Waals surface area contributed by atoms with Crippen molar-refractivity contribution in [3.63, 3.8) is 0 Å². The van der Waals surface area contributed by atoms with Crippen LogP contribution >= 0.6 is 0 Å². The van der Waals surface area contributed by atoms with Crippen LogP contribution in [0.3, 0.4) is 0 Å². The summed E-state index contributed by atoms with van der Waals surface area (Å²) < 4.78 is 65.9. The molecule has 0 amide bonds. The molecule has 70 heavy (non-hydrogen) atoms. The molecule has 0 spiro atoms. The second kappa shape index (κ2) is 39.9. The van der Waals surface area contributed by atoms with Crippen LogP contribution in [0.15, 0.2) is 109 Å². The van der Waals surface area contributed by atoms with Crippen LogP contribution < -0.4 is 18.9 Å². The maximum absolute atomic E-state index is 12.3. The molecule has 0 aliphatic carbocycles. The standard InChI is InChI=1S/C32H44O9.C22H32O7/c1-4-17-37-28-14-10-15-29(23-28)38-22-21-35-18-8-9-19-36-24-30(25-40-27-12-6-5-7-13-27)41-31(33)16-11-20-39-32(34)26(2)3;1-18(2)22(24)27-15-9-12-21(23)29-20(16-26-14-8-7-13-25-3)17-28-19-10-5-4-6-11-19/h5-7,10,12-15,23,30H,2,4,8-9,11,16-22,24-25H2,1,3H3;4-6,10-11,20H,1,7-9,12-17H2,2-3H3. The second-order valence-corrected chi connectivity index (χ2v) is 15.9. The smallest absolute Gasteiger partial charge is 0.333 e. The molecule has 388 valence electrons. The lowest BCUT2D eigenvalue weighted by molar-refractivity contribution is -0.155. The largest absolute Gasteiger partial charge is 0.493 e. The molecule has 2 atom stereocenters. The van der Waals surface area contributed by atoms with Crippen LogP contribution in [0.1, 0.15) is 78.6 Å². The van der Waals surface area contributed by atoms with E-state index in [-0.39, 0.29) is 58.5 Å². The molecular formula is C54H76O16. The van der Waals surface area contributed by atoms with Gasteiger partial charge in [0.2, 0.25) is 0 Å². The molecule has 0 aliphatic heterocycles. The Kier molecular flexibility index (Phi) is 34.3. The molecule has 0 saturated heterocycles. The highest BCUT2D eigenvalue weighted by Crippen LogP contribution is 2.20. The van der Waals surface area contributed by atoms with E-state index in [2.05, 4.69) is 20.1 Å². The molecule has 0 fully saturated rings. The van der Waals surface area contributed by atoms with Crippen molar-refractivity contribution < 1.29 is 76.0 Å². The molecule has 0 aromatic heterocycles. The van der Waals surface area contributed by atoms with Gasteiger partial charge in [-0.3, -0.25) is 9.59 Å². The third kappa shape index (κ3) is 32.0. The van der Waals surface area contributed by atoms with E-state index in [0.29, 0.717) is 81.7 Å². The minimum absolute atomic E-state index is 0.116. The van der Waals surface area contributed by atoms with Crippen molar-refractivity contribution in [3.05, 3.63) is 109 Å². The van der Waals surface area contributed by atoms with E-state index >= 15 is 0 Å². The van der Waals surface area contributed by atoms with Crippen molar-refractivity contribution >= 4 is 23.9 Å². The van der Waals surface area contributed by atoms with Gasteiger partial charge in [0.15, 0.2) is 12.2 Å². The lowest BCUT2D eigenvalue weighted by Crippen LogP contribution is -2.30. The number of para-hydroxylation sites is 2. The average Bonchev–Trinajstić information content (AvgIpc) is 3.36. The summed E-state index contributed by atoms with van der Waals surface area (Å²) in [7, 11) is 1.66. The molecule has 3 aromatic rings. The van der Waals surface area contributed by atoms with Gasteiger partial charge in [0.1, 0.15) is 42.8 Å². The lowest BCUT2D eigenvalue weighted by atomic mass is 10.3. The van der Waals surface area contributed by atoms with Gasteiger partial charge in [-0.15, -0.1) is 0 Å². The lowest BCUT2D eigenvalue weighted by Gasteiger charge is -2.19. The maximum atomic E-state index is 12.3. The van der Waals surface area contributed by atoms with E-state index in [1.807, 2.05) is 84.9 Å². The maximum Gasteiger partial charge on any atom is 0.333 e. The van der Waals surface area contributed by atoms with Crippen LogP contribution in [0.25, 0.3) is 0 Å². The molecule has 0 radical (unpaired) electrons. The van der Waals surface area contributed by atoms with E-state index in [1.54, 1.807) is 21.0 Å². The summed E-state index contributed by atoms with van der Waals surface area (Å²) in [4.78, 5) is 47.2. The molecule has 0 N–H and O–H groups in total. The first-order valence-electron chi connectivity index (χ1n) is 24.0. The Balaban J connectivity index is 0.000000510. The van der Waals surface area contributed by atoms with Gasteiger partial charge in [0, 0.05) is 63.6 Å². The minimum Gasteiger partial charge on any atom is -0.493 e. The topological polar surface area (TPSA) is 179 Å². The summed E-state index contributed by atoms with van der Waals surface area (Å²) in [5, 5.41) is 0. The Bertz CT molecular complexity index is 1870. The molecule has 3 aromatic carbocycles. The predicted octanol–water partition coefficient (Wildman–Crippen LogP) is 8.88. The summed E-state index contributed by atoms with van der Waals surface area (Å²) in [5.74, 6) is 1.20. The third-order valence-electron chi connectivity index (χ3n) is 9.26. The van der Waals surface area contributed by atoms with Crippen LogP contribution in [-0.4, -0.2) is 129 Å². The fourth-order valence-corrected chi connectivity index (χ4v) is 5.63. The van der Waals surface area contributed by atoms with Crippen LogP contribution in [-0.2, 0) is 57.1 Å². The summed E-state index contributed by atoms with van der Waals surface area (Å²) in [5.41, 5.74) is 0.645. The van der Waals surface area contributed by atoms with Crippen molar-refractivity contribution in [2.24, 2.45) is 0 Å². The zero-order valence-electron chi connectivity index (χ0n) is 41.7. The molecule has 16 heteroatoms. The number of carbonyl (C=O) groups is 4. The van der Waals surface area contributed by atoms with Crippen LogP contribution in [0.4, 0.5) is 0 Å². The van der Waals surface area contributed by atoms with Gasteiger partial charge in [-0.1, -0.05) is 62.5 Å². The Morgan fingerprint density at radius 1 is 0.457 bits per heavy atom. The summed E-state index contributed by atoms with van der Waals surface area (Å²) in [6.45, 7) is 17.3. The SMILES string of the molecule is C=C(C)C(=O)OCCCC(=O)OC(COCCCCOC)COc1ccccc1.C=C(C)C(=O)OCCCC(=O)OC(COCCCCOCCOc1cccc(OCCC)c1)COc1ccccc1. The zero-order valence-corrected chi connectivity index (χ0v) is 41.7. The Morgan fingerprint density at radius 3 is 1.33 bits per heavy atom. The summed E-state index contributed by atoms with van der Waals surface area (Å²) in [6.07, 6.45) is 4.25. The number of rotatable bonds is 39. The number of ether oxygens (including phenoxy) is 12. The Hall–Kier alpha value is -5.94. The number of benzene rings is 3. The van der Waals surface area contributed by atoms with Gasteiger partial charge >= 0.3 is 23.9 Å². The monoisotopic (exact) mass is 981 g/mol. The van der Waals surface area contributed by atoms with E-state index < -0.39 is 30.1 Å². The molecule has 0 bridgehead atoms. The molecule has 0 saturated carbocycles. The van der Waals surface area contributed by atoms with E-state index in [0.717, 1.165) is 43.6 Å². The van der Waals surface area contributed by atoms with Crippen molar-refractivity contribution in [2.45, 2.75) is 90.8 Å². The number of unbranched alkanes of at least 4 members (excludes halogenated alkanes) is 2. The Labute approximate surface area is 414 Å². The number of hydrogen-bond acceptors (Lipinski definition) is 16. The molecular weight excluding hydrogens is 905 g/mol. The molecule has 0 aliphatic rings. The van der Waals surface area contributed by atoms with Crippen molar-refractivity contribution in [2.75, 3.05) is 93.0 Å². The molecule has 3 rings (SSSR count). The van der Waals surface area contributed by atoms with Gasteiger partial charge in [-0.25, -0.2) is 9.59 Å². The van der Waals surface area contributed by atoms with Crippen LogP contribution in [0.2, 0.25) is 0 Å². The molecule has 0 heterocycles. The first-order chi connectivity index (χ1) is 34.0. The minimum atomic E-state index is -0.569. The fraction of sp³-hybridized carbons (Fsp3) is 0.519. The third-order valence-corrected chi connectivity index (χ3v) is 9.26. The first-order valence-corrected chi connectivity index (χ1v) is 24.0. The highest BCUT2D eigenvalue weighted by Gasteiger charge is 2.18. The predicted molar refractivity (Wildman–Crippen MR) is 264 cm³/mol. The number of hydrogen-bond donors (Lipinski definition) is 0. The van der Waals surface area contributed by atoms with E-state index in [4.69, 9.17) is 56.8 Å². The molecule has 16 nitrogen and oxygen atoms in total. The van der Waals surface area contributed by atoms with Crippen LogP contribution in [0.5, 0.6) is 23.0 Å². The Morgan fingerprint density at radius 2 is 0.886 bits per heavy atom. The average molecular weight is 981 g/mol. The zero-order chi connectivity index (χ0) is 50.9. The van der Waals surface area contributed by atoms with Crippen molar-refractivity contribution in [3.8, 4) is 23.0 Å². The van der Waals surface area contributed by atoms with Gasteiger partial charge in [-0.2, -0.15) is 0 Å².